The Labute approximate surface area is 130 Å². The number of aliphatic hydroxyl groups is 1. The number of benzene rings is 2. The van der Waals surface area contributed by atoms with Crippen LogP contribution in [0.15, 0.2) is 54.6 Å². The molecule has 114 valence electrons. The number of aliphatic hydroxyl groups excluding tert-OH is 1. The normalized spacial score (nSPS) is 19.0. The zero-order valence-electron chi connectivity index (χ0n) is 12.4. The van der Waals surface area contributed by atoms with Gasteiger partial charge in [0.2, 0.25) is 5.91 Å². The third kappa shape index (κ3) is 3.18. The first kappa shape index (κ1) is 14.8. The molecule has 1 unspecified atom stereocenters. The Balaban J connectivity index is 1.81. The molecule has 0 aromatic heterocycles. The van der Waals surface area contributed by atoms with E-state index in [0.29, 0.717) is 6.54 Å². The molecule has 1 saturated heterocycles. The van der Waals surface area contributed by atoms with Gasteiger partial charge in [0.05, 0.1) is 6.61 Å². The number of hydrogen-bond acceptors (Lipinski definition) is 3. The van der Waals surface area contributed by atoms with Crippen LogP contribution in [0.3, 0.4) is 0 Å². The van der Waals surface area contributed by atoms with Crippen LogP contribution in [-0.2, 0) is 17.9 Å². The van der Waals surface area contributed by atoms with E-state index >= 15 is 0 Å². The van der Waals surface area contributed by atoms with E-state index in [1.54, 1.807) is 0 Å². The average molecular weight is 296 g/mol. The molecular formula is C18H20N2O2. The molecule has 1 amide bonds. The number of rotatable bonds is 4. The number of hydrogen-bond donors (Lipinski definition) is 2. The van der Waals surface area contributed by atoms with Crippen LogP contribution in [0.2, 0.25) is 0 Å². The van der Waals surface area contributed by atoms with Gasteiger partial charge in [0.25, 0.3) is 0 Å². The topological polar surface area (TPSA) is 52.6 Å². The van der Waals surface area contributed by atoms with Crippen molar-refractivity contribution >= 4 is 5.91 Å². The van der Waals surface area contributed by atoms with Crippen molar-refractivity contribution in [1.82, 2.24) is 10.2 Å². The predicted molar refractivity (Wildman–Crippen MR) is 85.0 cm³/mol. The first-order valence-electron chi connectivity index (χ1n) is 7.53. The van der Waals surface area contributed by atoms with E-state index in [9.17, 15) is 4.79 Å². The maximum atomic E-state index is 12.3. The van der Waals surface area contributed by atoms with E-state index in [1.807, 2.05) is 54.6 Å². The Morgan fingerprint density at radius 2 is 1.73 bits per heavy atom. The number of amides is 1. The maximum Gasteiger partial charge on any atom is 0.242 e. The first-order valence-corrected chi connectivity index (χ1v) is 7.53. The SMILES string of the molecule is O=C1NCCN(Cc2ccc(CO)cc2)C1c1ccccc1. The van der Waals surface area contributed by atoms with Crippen molar-refractivity contribution in [3.63, 3.8) is 0 Å². The summed E-state index contributed by atoms with van der Waals surface area (Å²) in [5, 5.41) is 12.1. The third-order valence-corrected chi connectivity index (χ3v) is 4.02. The average Bonchev–Trinajstić information content (AvgIpc) is 2.56. The second-order valence-electron chi connectivity index (χ2n) is 5.55. The lowest BCUT2D eigenvalue weighted by molar-refractivity contribution is -0.129. The Hall–Kier alpha value is -2.17. The van der Waals surface area contributed by atoms with E-state index in [0.717, 1.165) is 29.8 Å². The van der Waals surface area contributed by atoms with Gasteiger partial charge in [0.15, 0.2) is 0 Å². The lowest BCUT2D eigenvalue weighted by atomic mass is 10.0. The number of carbonyl (C=O) groups excluding carboxylic acids is 1. The fourth-order valence-electron chi connectivity index (χ4n) is 2.87. The fraction of sp³-hybridized carbons (Fsp3) is 0.278. The van der Waals surface area contributed by atoms with Crippen LogP contribution in [0, 0.1) is 0 Å². The van der Waals surface area contributed by atoms with Gasteiger partial charge in [0.1, 0.15) is 6.04 Å². The summed E-state index contributed by atoms with van der Waals surface area (Å²) in [6, 6.07) is 17.5. The Morgan fingerprint density at radius 3 is 2.41 bits per heavy atom. The minimum Gasteiger partial charge on any atom is -0.392 e. The summed E-state index contributed by atoms with van der Waals surface area (Å²) in [6.45, 7) is 2.28. The lowest BCUT2D eigenvalue weighted by Crippen LogP contribution is -2.49. The van der Waals surface area contributed by atoms with E-state index < -0.39 is 0 Å². The largest absolute Gasteiger partial charge is 0.392 e. The highest BCUT2D eigenvalue weighted by Gasteiger charge is 2.30. The Morgan fingerprint density at radius 1 is 1.05 bits per heavy atom. The molecular weight excluding hydrogens is 276 g/mol. The summed E-state index contributed by atoms with van der Waals surface area (Å²) in [5.74, 6) is 0.0597. The van der Waals surface area contributed by atoms with Crippen LogP contribution in [0.5, 0.6) is 0 Å². The molecule has 2 aromatic carbocycles. The summed E-state index contributed by atoms with van der Waals surface area (Å²) >= 11 is 0. The number of nitrogens with one attached hydrogen (secondary N) is 1. The second-order valence-corrected chi connectivity index (χ2v) is 5.55. The van der Waals surface area contributed by atoms with Crippen molar-refractivity contribution in [2.24, 2.45) is 0 Å². The zero-order valence-corrected chi connectivity index (χ0v) is 12.4. The van der Waals surface area contributed by atoms with Crippen molar-refractivity contribution < 1.29 is 9.90 Å². The van der Waals surface area contributed by atoms with Crippen molar-refractivity contribution in [1.29, 1.82) is 0 Å². The van der Waals surface area contributed by atoms with Crippen LogP contribution in [0.1, 0.15) is 22.7 Å². The minimum absolute atomic E-state index is 0.0546. The van der Waals surface area contributed by atoms with Gasteiger partial charge in [-0.1, -0.05) is 54.6 Å². The van der Waals surface area contributed by atoms with Crippen LogP contribution in [0.4, 0.5) is 0 Å². The molecule has 4 heteroatoms. The molecule has 1 aliphatic heterocycles. The molecule has 1 heterocycles. The molecule has 22 heavy (non-hydrogen) atoms. The maximum absolute atomic E-state index is 12.3. The molecule has 0 aliphatic carbocycles. The van der Waals surface area contributed by atoms with E-state index in [2.05, 4.69) is 10.2 Å². The smallest absolute Gasteiger partial charge is 0.242 e. The molecule has 2 N–H and O–H groups in total. The molecule has 1 aliphatic rings. The van der Waals surface area contributed by atoms with Gasteiger partial charge in [-0.25, -0.2) is 0 Å². The van der Waals surface area contributed by atoms with Gasteiger partial charge in [0, 0.05) is 19.6 Å². The third-order valence-electron chi connectivity index (χ3n) is 4.02. The molecule has 2 aromatic rings. The molecule has 1 fully saturated rings. The van der Waals surface area contributed by atoms with Gasteiger partial charge in [-0.3, -0.25) is 9.69 Å². The van der Waals surface area contributed by atoms with Crippen LogP contribution < -0.4 is 5.32 Å². The highest BCUT2D eigenvalue weighted by atomic mass is 16.3. The monoisotopic (exact) mass is 296 g/mol. The van der Waals surface area contributed by atoms with Gasteiger partial charge < -0.3 is 10.4 Å². The molecule has 0 spiro atoms. The van der Waals surface area contributed by atoms with Gasteiger partial charge >= 0.3 is 0 Å². The lowest BCUT2D eigenvalue weighted by Gasteiger charge is -2.35. The van der Waals surface area contributed by atoms with E-state index in [4.69, 9.17) is 5.11 Å². The first-order chi connectivity index (χ1) is 10.8. The second kappa shape index (κ2) is 6.73. The number of carbonyl (C=O) groups is 1. The molecule has 0 saturated carbocycles. The summed E-state index contributed by atoms with van der Waals surface area (Å²) < 4.78 is 0. The number of piperazine rings is 1. The van der Waals surface area contributed by atoms with Crippen LogP contribution in [0.25, 0.3) is 0 Å². The van der Waals surface area contributed by atoms with Crippen molar-refractivity contribution in [2.75, 3.05) is 13.1 Å². The molecule has 4 nitrogen and oxygen atoms in total. The van der Waals surface area contributed by atoms with Crippen molar-refractivity contribution in [3.8, 4) is 0 Å². The standard InChI is InChI=1S/C18H20N2O2/c21-13-15-8-6-14(7-9-15)12-20-11-10-19-18(22)17(20)16-4-2-1-3-5-16/h1-9,17,21H,10-13H2,(H,19,22). The summed E-state index contributed by atoms with van der Waals surface area (Å²) in [4.78, 5) is 14.5. The minimum atomic E-state index is -0.243. The Kier molecular flexibility index (Phi) is 4.51. The molecule has 3 rings (SSSR count). The summed E-state index contributed by atoms with van der Waals surface area (Å²) in [7, 11) is 0. The van der Waals surface area contributed by atoms with Gasteiger partial charge in [-0.15, -0.1) is 0 Å². The van der Waals surface area contributed by atoms with E-state index in [1.165, 1.54) is 0 Å². The summed E-state index contributed by atoms with van der Waals surface area (Å²) in [6.07, 6.45) is 0. The molecule has 1 atom stereocenters. The van der Waals surface area contributed by atoms with Crippen molar-refractivity contribution in [2.45, 2.75) is 19.2 Å². The Bertz CT molecular complexity index is 625. The highest BCUT2D eigenvalue weighted by Crippen LogP contribution is 2.25. The van der Waals surface area contributed by atoms with E-state index in [-0.39, 0.29) is 18.6 Å². The van der Waals surface area contributed by atoms with Crippen LogP contribution >= 0.6 is 0 Å². The summed E-state index contributed by atoms with van der Waals surface area (Å²) in [5.41, 5.74) is 3.07. The molecule has 0 radical (unpaired) electrons. The van der Waals surface area contributed by atoms with Crippen LogP contribution in [-0.4, -0.2) is 29.0 Å². The highest BCUT2D eigenvalue weighted by molar-refractivity contribution is 5.83. The molecule has 0 bridgehead atoms. The zero-order chi connectivity index (χ0) is 15.4. The quantitative estimate of drug-likeness (QED) is 0.905. The van der Waals surface area contributed by atoms with Gasteiger partial charge in [-0.05, 0) is 16.7 Å². The van der Waals surface area contributed by atoms with Crippen molar-refractivity contribution in [3.05, 3.63) is 71.3 Å². The number of nitrogens with zero attached hydrogens (tertiary/aromatic N) is 1. The fourth-order valence-corrected chi connectivity index (χ4v) is 2.87. The predicted octanol–water partition coefficient (Wildman–Crippen LogP) is 1.85. The van der Waals surface area contributed by atoms with Gasteiger partial charge in [-0.2, -0.15) is 0 Å².